The third kappa shape index (κ3) is 13.3. The first kappa shape index (κ1) is 57.2. The average molecular weight is 1080 g/mol. The summed E-state index contributed by atoms with van der Waals surface area (Å²) in [6.07, 6.45) is 13.3. The van der Waals surface area contributed by atoms with Gasteiger partial charge in [0.15, 0.2) is 17.2 Å². The van der Waals surface area contributed by atoms with Crippen molar-refractivity contribution in [2.24, 2.45) is 17.8 Å². The van der Waals surface area contributed by atoms with Crippen molar-refractivity contribution >= 4 is 5.97 Å². The molecule has 0 aromatic heterocycles. The van der Waals surface area contributed by atoms with Crippen molar-refractivity contribution in [2.75, 3.05) is 6.61 Å². The Hall–Kier alpha value is -4.09. The lowest BCUT2D eigenvalue weighted by Crippen LogP contribution is -2.61. The fraction of sp³-hybridized carbons (Fsp3) is 0.615. The molecule has 0 amide bonds. The molecule has 17 atom stereocenters. The Balaban J connectivity index is 0.833. The Labute approximate surface area is 462 Å². The first-order valence-corrected chi connectivity index (χ1v) is 29.3. The highest BCUT2D eigenvalue weighted by Crippen LogP contribution is 2.49. The quantitative estimate of drug-likeness (QED) is 0.110. The lowest BCUT2D eigenvalue weighted by atomic mass is 9.81. The number of rotatable bonds is 19. The molecule has 2 N–H and O–H groups in total. The lowest BCUT2D eigenvalue weighted by molar-refractivity contribution is -0.329. The summed E-state index contributed by atoms with van der Waals surface area (Å²) < 4.78 is 69.3. The van der Waals surface area contributed by atoms with Gasteiger partial charge in [0.2, 0.25) is 5.79 Å². The van der Waals surface area contributed by atoms with Crippen LogP contribution in [0, 0.1) is 17.8 Å². The fourth-order valence-corrected chi connectivity index (χ4v) is 13.3. The number of ether oxygens (including phenoxy) is 10. The van der Waals surface area contributed by atoms with Crippen molar-refractivity contribution in [2.45, 2.75) is 228 Å². The minimum atomic E-state index is -1.96. The number of carboxylic acids is 1. The molecule has 3 aromatic carbocycles. The fourth-order valence-electron chi connectivity index (χ4n) is 13.3. The van der Waals surface area contributed by atoms with Crippen LogP contribution >= 0.6 is 0 Å². The number of aliphatic carboxylic acids is 1. The molecule has 10 rings (SSSR count). The van der Waals surface area contributed by atoms with Gasteiger partial charge in [-0.05, 0) is 112 Å². The summed E-state index contributed by atoms with van der Waals surface area (Å²) in [4.78, 5) is 12.0. The number of carboxylic acid groups (broad SMARTS) is 1. The molecule has 0 saturated carbocycles. The molecule has 0 unspecified atom stereocenters. The molecule has 6 fully saturated rings. The van der Waals surface area contributed by atoms with Gasteiger partial charge in [0.25, 0.3) is 0 Å². The molecule has 13 heteroatoms. The summed E-state index contributed by atoms with van der Waals surface area (Å²) in [6.45, 7) is 16.8. The second-order valence-corrected chi connectivity index (χ2v) is 24.1. The topological polar surface area (TPSA) is 150 Å². The molecule has 78 heavy (non-hydrogen) atoms. The SMILES string of the molecule is C=C1[C@@H](OCc2ccccc2)[C@@H]2O[C@]3(CC[C@H](/C=C/[C@@H](C)[C@@H]4CC(C)=C[C@@]5(O[C@H](C[C@@](C)(O)C(=O)O)CC[C@H]5OCc5ccccc5)O4)O3)CC[C@H]2O[C@@H]1[C@H](C[C@H](C)[C@@H]1CCC[C@@]2(OCCC[C@@H]2C)O1)OCc1ccccc1. The van der Waals surface area contributed by atoms with Crippen LogP contribution in [0.1, 0.15) is 141 Å². The van der Waals surface area contributed by atoms with Gasteiger partial charge in [0.05, 0.1) is 63.1 Å². The van der Waals surface area contributed by atoms with Crippen LogP contribution in [0.4, 0.5) is 0 Å². The maximum Gasteiger partial charge on any atom is 0.335 e. The van der Waals surface area contributed by atoms with Crippen molar-refractivity contribution in [3.8, 4) is 0 Å². The molecule has 0 aliphatic carbocycles. The number of carbonyl (C=O) groups is 1. The van der Waals surface area contributed by atoms with Crippen molar-refractivity contribution in [3.05, 3.63) is 144 Å². The predicted octanol–water partition coefficient (Wildman–Crippen LogP) is 11.9. The van der Waals surface area contributed by atoms with Crippen LogP contribution in [0.5, 0.6) is 0 Å². The van der Waals surface area contributed by atoms with Gasteiger partial charge in [-0.1, -0.05) is 136 Å². The standard InChI is InChI=1S/C65H86O13/c1-43-36-55(77-65(38-43)57(70-41-49-21-12-8-13-22-49)29-28-52(75-65)39-62(6,68)61(66)67)44(2)26-27-51-30-33-63(74-51)34-31-54-60(78-63)59(71-42-50-23-14-9-15-24-50)47(5)58(73-54)56(69-40-48-19-10-7-11-20-48)37-45(3)53-25-16-32-64(76-53)46(4)18-17-35-72-64/h7-15,19-24,26-27,38,44-46,51-60,68H,5,16-18,25,28-37,39-42H2,1-4,6H3,(H,66,67)/b27-26+/t44-,45+,46+,51+,52+,53+,54-,55+,56+,57-,58+,59-,60-,62-,63-,64-,65-/m1/s1. The Morgan fingerprint density at radius 2 is 1.47 bits per heavy atom. The Morgan fingerprint density at radius 3 is 2.17 bits per heavy atom. The van der Waals surface area contributed by atoms with Crippen molar-refractivity contribution < 1.29 is 62.4 Å². The van der Waals surface area contributed by atoms with E-state index in [0.29, 0.717) is 64.3 Å². The number of hydrogen-bond acceptors (Lipinski definition) is 12. The van der Waals surface area contributed by atoms with Crippen LogP contribution in [0.15, 0.2) is 127 Å². The third-order valence-electron chi connectivity index (χ3n) is 17.9. The van der Waals surface area contributed by atoms with E-state index in [1.807, 2.05) is 72.8 Å². The molecule has 0 bridgehead atoms. The van der Waals surface area contributed by atoms with E-state index in [-0.39, 0.29) is 48.8 Å². The number of aliphatic hydroxyl groups is 1. The van der Waals surface area contributed by atoms with Crippen LogP contribution in [0.3, 0.4) is 0 Å². The summed E-state index contributed by atoms with van der Waals surface area (Å²) >= 11 is 0. The van der Waals surface area contributed by atoms with E-state index in [2.05, 4.69) is 64.1 Å². The van der Waals surface area contributed by atoms with Crippen LogP contribution in [0.25, 0.3) is 0 Å². The van der Waals surface area contributed by atoms with Gasteiger partial charge in [0.1, 0.15) is 24.4 Å². The zero-order chi connectivity index (χ0) is 54.5. The van der Waals surface area contributed by atoms with Gasteiger partial charge in [-0.25, -0.2) is 4.79 Å². The van der Waals surface area contributed by atoms with Crippen molar-refractivity contribution in [1.29, 1.82) is 0 Å². The first-order chi connectivity index (χ1) is 37.6. The maximum atomic E-state index is 12.0. The summed E-state index contributed by atoms with van der Waals surface area (Å²) in [6, 6.07) is 30.6. The van der Waals surface area contributed by atoms with Gasteiger partial charge >= 0.3 is 5.97 Å². The van der Waals surface area contributed by atoms with Gasteiger partial charge in [-0.15, -0.1) is 0 Å². The van der Waals surface area contributed by atoms with Gasteiger partial charge in [-0.2, -0.15) is 0 Å². The Bertz CT molecular complexity index is 2500. The normalized spacial score (nSPS) is 36.2. The highest BCUT2D eigenvalue weighted by molar-refractivity contribution is 5.76. The van der Waals surface area contributed by atoms with Crippen molar-refractivity contribution in [3.63, 3.8) is 0 Å². The highest BCUT2D eigenvalue weighted by atomic mass is 16.7. The summed E-state index contributed by atoms with van der Waals surface area (Å²) in [5, 5.41) is 20.6. The van der Waals surface area contributed by atoms with Crippen molar-refractivity contribution in [1.82, 2.24) is 0 Å². The monoisotopic (exact) mass is 1070 g/mol. The molecular formula is C65H86O13. The van der Waals surface area contributed by atoms with E-state index in [0.717, 1.165) is 79.4 Å². The van der Waals surface area contributed by atoms with Crippen LogP contribution in [0.2, 0.25) is 0 Å². The molecule has 7 aliphatic rings. The molecule has 3 spiro atoms. The minimum absolute atomic E-state index is 0.0272. The smallest absolute Gasteiger partial charge is 0.335 e. The number of fused-ring (bicyclic) bond motifs is 1. The van der Waals surface area contributed by atoms with E-state index in [1.165, 1.54) is 6.92 Å². The summed E-state index contributed by atoms with van der Waals surface area (Å²) in [5.41, 5.74) is 3.14. The van der Waals surface area contributed by atoms with Gasteiger partial charge in [-0.3, -0.25) is 0 Å². The second kappa shape index (κ2) is 25.0. The van der Waals surface area contributed by atoms with E-state index < -0.39 is 59.5 Å². The van der Waals surface area contributed by atoms with Crippen LogP contribution in [-0.2, 0) is 72.0 Å². The zero-order valence-corrected chi connectivity index (χ0v) is 46.7. The van der Waals surface area contributed by atoms with Gasteiger partial charge in [0, 0.05) is 37.5 Å². The third-order valence-corrected chi connectivity index (χ3v) is 17.9. The van der Waals surface area contributed by atoms with E-state index >= 15 is 0 Å². The Kier molecular flexibility index (Phi) is 18.3. The highest BCUT2D eigenvalue weighted by Gasteiger charge is 2.56. The van der Waals surface area contributed by atoms with E-state index in [1.54, 1.807) is 0 Å². The molecule has 424 valence electrons. The maximum absolute atomic E-state index is 12.0. The summed E-state index contributed by atoms with van der Waals surface area (Å²) in [7, 11) is 0. The first-order valence-electron chi connectivity index (χ1n) is 29.3. The Morgan fingerprint density at radius 1 is 0.795 bits per heavy atom. The molecule has 3 aromatic rings. The average Bonchev–Trinajstić information content (AvgIpc) is 3.97. The molecule has 0 radical (unpaired) electrons. The molecular weight excluding hydrogens is 989 g/mol. The minimum Gasteiger partial charge on any atom is -0.479 e. The lowest BCUT2D eigenvalue weighted by Gasteiger charge is -2.51. The number of hydrogen-bond donors (Lipinski definition) is 2. The molecule has 7 aliphatic heterocycles. The number of benzene rings is 3. The molecule has 13 nitrogen and oxygen atoms in total. The summed E-state index contributed by atoms with van der Waals surface area (Å²) in [5.74, 6) is -3.45. The predicted molar refractivity (Wildman–Crippen MR) is 295 cm³/mol. The van der Waals surface area contributed by atoms with E-state index in [9.17, 15) is 15.0 Å². The van der Waals surface area contributed by atoms with Crippen LogP contribution < -0.4 is 0 Å². The van der Waals surface area contributed by atoms with Gasteiger partial charge < -0.3 is 57.6 Å². The largest absolute Gasteiger partial charge is 0.479 e. The second-order valence-electron chi connectivity index (χ2n) is 24.1. The zero-order valence-electron chi connectivity index (χ0n) is 46.7. The van der Waals surface area contributed by atoms with E-state index in [4.69, 9.17) is 53.9 Å². The molecule has 6 saturated heterocycles. The molecule has 7 heterocycles. The van der Waals surface area contributed by atoms with Crippen LogP contribution in [-0.4, -0.2) is 107 Å².